The van der Waals surface area contributed by atoms with Crippen molar-refractivity contribution in [1.82, 2.24) is 25.4 Å². The van der Waals surface area contributed by atoms with E-state index in [1.807, 2.05) is 12.1 Å². The molecule has 5 rings (SSSR count). The molecule has 1 aliphatic rings. The van der Waals surface area contributed by atoms with E-state index in [9.17, 15) is 10.4 Å². The highest BCUT2D eigenvalue weighted by molar-refractivity contribution is 7.19. The normalized spacial score (nSPS) is 16.6. The molecule has 4 aromatic rings. The van der Waals surface area contributed by atoms with Crippen molar-refractivity contribution in [2.45, 2.75) is 25.3 Å². The van der Waals surface area contributed by atoms with E-state index in [0.717, 1.165) is 37.2 Å². The van der Waals surface area contributed by atoms with Crippen LogP contribution in [-0.2, 0) is 12.8 Å². The second kappa shape index (κ2) is 6.67. The Morgan fingerprint density at radius 2 is 2.29 bits per heavy atom. The summed E-state index contributed by atoms with van der Waals surface area (Å²) < 4.78 is 5.52. The fraction of sp³-hybridized carbons (Fsp3) is 0.278. The van der Waals surface area contributed by atoms with Gasteiger partial charge in [-0.15, -0.1) is 11.3 Å². The van der Waals surface area contributed by atoms with Crippen molar-refractivity contribution >= 4 is 44.0 Å². The summed E-state index contributed by atoms with van der Waals surface area (Å²) >= 11 is 1.55. The molecule has 1 atom stereocenters. The number of anilines is 2. The second-order valence-electron chi connectivity index (χ2n) is 6.74. The zero-order valence-corrected chi connectivity index (χ0v) is 15.8. The van der Waals surface area contributed by atoms with Crippen LogP contribution in [0.5, 0.6) is 5.75 Å². The zero-order valence-electron chi connectivity index (χ0n) is 15.0. The third-order valence-electron chi connectivity index (χ3n) is 5.15. The number of nitrogens with zero attached hydrogens (tertiary/aromatic N) is 4. The summed E-state index contributed by atoms with van der Waals surface area (Å²) in [5, 5.41) is 33.0. The number of hydroxylamine groups is 2. The van der Waals surface area contributed by atoms with Gasteiger partial charge in [0.1, 0.15) is 22.7 Å². The number of thiophene rings is 1. The monoisotopic (exact) mass is 397 g/mol. The predicted octanol–water partition coefficient (Wildman–Crippen LogP) is 3.37. The number of fused-ring (bicyclic) bond motifs is 4. The van der Waals surface area contributed by atoms with Crippen molar-refractivity contribution in [3.8, 4) is 5.75 Å². The smallest absolute Gasteiger partial charge is 0.144 e. The van der Waals surface area contributed by atoms with Crippen LogP contribution in [0.4, 0.5) is 11.5 Å². The number of aryl methyl sites for hydroxylation is 1. The van der Waals surface area contributed by atoms with E-state index in [2.05, 4.69) is 25.5 Å². The molecule has 9 nitrogen and oxygen atoms in total. The van der Waals surface area contributed by atoms with Crippen LogP contribution in [-0.4, -0.2) is 43.8 Å². The Morgan fingerprint density at radius 3 is 3.11 bits per heavy atom. The number of aromatic nitrogens is 4. The lowest BCUT2D eigenvalue weighted by Gasteiger charge is -2.33. The third kappa shape index (κ3) is 2.78. The van der Waals surface area contributed by atoms with Gasteiger partial charge in [-0.25, -0.2) is 9.97 Å². The van der Waals surface area contributed by atoms with Gasteiger partial charge >= 0.3 is 0 Å². The molecule has 0 saturated heterocycles. The van der Waals surface area contributed by atoms with E-state index in [4.69, 9.17) is 4.74 Å². The Morgan fingerprint density at radius 1 is 1.39 bits per heavy atom. The maximum atomic E-state index is 11.3. The minimum absolute atomic E-state index is 0.0726. The van der Waals surface area contributed by atoms with Gasteiger partial charge in [-0.05, 0) is 30.9 Å². The van der Waals surface area contributed by atoms with Crippen LogP contribution in [0.15, 0.2) is 24.7 Å². The molecule has 0 radical (unpaired) electrons. The van der Waals surface area contributed by atoms with Crippen LogP contribution in [0.3, 0.4) is 0 Å². The number of ether oxygens (including phenoxy) is 1. The number of benzene rings is 1. The standard InChI is InChI=1S/C18H17N6O3S/c1-27-14-6-12-9(7-21-23-12)4-13(14)22-17-16-11-3-2-10(24(25)26)5-15(11)28-18(16)20-8-19-17/h4,6-8,10,25H,2-3,5H2,1H3,(H,21,23)(H,19,20,22)/q-1. The SMILES string of the molecule is COc1cc2[nH]ncc2cc1Nc1ncnc2sc3c(c12)CCC(N([O-])O)C3. The van der Waals surface area contributed by atoms with Crippen LogP contribution in [0.25, 0.3) is 21.1 Å². The van der Waals surface area contributed by atoms with E-state index in [1.165, 1.54) is 6.33 Å². The Hall–Kier alpha value is -2.79. The maximum absolute atomic E-state index is 11.3. The Bertz CT molecular complexity index is 1170. The van der Waals surface area contributed by atoms with Gasteiger partial charge in [-0.1, -0.05) is 0 Å². The van der Waals surface area contributed by atoms with E-state index in [1.54, 1.807) is 24.6 Å². The molecule has 10 heteroatoms. The zero-order chi connectivity index (χ0) is 19.3. The highest BCUT2D eigenvalue weighted by atomic mass is 32.1. The molecule has 0 amide bonds. The topological polar surface area (TPSA) is 122 Å². The van der Waals surface area contributed by atoms with Crippen LogP contribution >= 0.6 is 11.3 Å². The molecule has 3 aromatic heterocycles. The summed E-state index contributed by atoms with van der Waals surface area (Å²) in [5.41, 5.74) is 2.82. The first kappa shape index (κ1) is 17.3. The Labute approximate surface area is 163 Å². The van der Waals surface area contributed by atoms with Crippen LogP contribution in [0.2, 0.25) is 0 Å². The van der Waals surface area contributed by atoms with Crippen LogP contribution < -0.4 is 10.1 Å². The number of nitrogens with one attached hydrogen (secondary N) is 2. The minimum Gasteiger partial charge on any atom is -0.762 e. The first-order valence-corrected chi connectivity index (χ1v) is 9.64. The van der Waals surface area contributed by atoms with Crippen molar-refractivity contribution < 1.29 is 9.94 Å². The van der Waals surface area contributed by atoms with Gasteiger partial charge in [-0.2, -0.15) is 5.10 Å². The summed E-state index contributed by atoms with van der Waals surface area (Å²) in [6.07, 6.45) is 5.08. The van der Waals surface area contributed by atoms with Crippen molar-refractivity contribution in [3.63, 3.8) is 0 Å². The molecule has 3 N–H and O–H groups in total. The molecule has 0 fully saturated rings. The summed E-state index contributed by atoms with van der Waals surface area (Å²) in [7, 11) is 1.62. The molecule has 0 spiro atoms. The molecule has 3 heterocycles. The summed E-state index contributed by atoms with van der Waals surface area (Å²) in [6.45, 7) is 0. The molecule has 0 aliphatic heterocycles. The Balaban J connectivity index is 1.59. The van der Waals surface area contributed by atoms with E-state index >= 15 is 0 Å². The molecular formula is C18H17N6O3S-. The van der Waals surface area contributed by atoms with Gasteiger partial charge in [-0.3, -0.25) is 10.3 Å². The average molecular weight is 397 g/mol. The molecule has 28 heavy (non-hydrogen) atoms. The highest BCUT2D eigenvalue weighted by Crippen LogP contribution is 2.41. The predicted molar refractivity (Wildman–Crippen MR) is 106 cm³/mol. The fourth-order valence-electron chi connectivity index (χ4n) is 3.74. The van der Waals surface area contributed by atoms with Crippen molar-refractivity contribution in [3.05, 3.63) is 40.3 Å². The van der Waals surface area contributed by atoms with E-state index in [0.29, 0.717) is 30.8 Å². The lowest BCUT2D eigenvalue weighted by atomic mass is 9.93. The summed E-state index contributed by atoms with van der Waals surface area (Å²) in [6, 6.07) is 3.44. The number of aromatic amines is 1. The van der Waals surface area contributed by atoms with Crippen molar-refractivity contribution in [2.24, 2.45) is 0 Å². The van der Waals surface area contributed by atoms with Gasteiger partial charge in [0.05, 0.1) is 29.9 Å². The minimum atomic E-state index is -0.409. The van der Waals surface area contributed by atoms with E-state index < -0.39 is 6.04 Å². The molecule has 0 saturated carbocycles. The third-order valence-corrected chi connectivity index (χ3v) is 6.31. The van der Waals surface area contributed by atoms with Crippen molar-refractivity contribution in [2.75, 3.05) is 12.4 Å². The van der Waals surface area contributed by atoms with E-state index in [-0.39, 0.29) is 5.23 Å². The Kier molecular flexibility index (Phi) is 4.13. The quantitative estimate of drug-likeness (QED) is 0.448. The summed E-state index contributed by atoms with van der Waals surface area (Å²) in [5.74, 6) is 1.38. The lowest BCUT2D eigenvalue weighted by Crippen LogP contribution is -2.32. The van der Waals surface area contributed by atoms with Crippen LogP contribution in [0.1, 0.15) is 16.9 Å². The first-order valence-electron chi connectivity index (χ1n) is 8.82. The molecule has 1 aromatic carbocycles. The number of H-pyrrole nitrogens is 1. The van der Waals surface area contributed by atoms with Gasteiger partial charge in [0.25, 0.3) is 0 Å². The first-order chi connectivity index (χ1) is 13.6. The molecule has 144 valence electrons. The van der Waals surface area contributed by atoms with Crippen LogP contribution in [0, 0.1) is 5.21 Å². The largest absolute Gasteiger partial charge is 0.762 e. The van der Waals surface area contributed by atoms with Gasteiger partial charge in [0.15, 0.2) is 0 Å². The summed E-state index contributed by atoms with van der Waals surface area (Å²) in [4.78, 5) is 10.8. The maximum Gasteiger partial charge on any atom is 0.144 e. The van der Waals surface area contributed by atoms with Gasteiger partial charge in [0, 0.05) is 22.4 Å². The number of methoxy groups -OCH3 is 1. The molecule has 0 bridgehead atoms. The molecular weight excluding hydrogens is 380 g/mol. The number of rotatable bonds is 4. The average Bonchev–Trinajstić information content (AvgIpc) is 3.30. The highest BCUT2D eigenvalue weighted by Gasteiger charge is 2.26. The second-order valence-corrected chi connectivity index (χ2v) is 7.82. The molecule has 1 aliphatic carbocycles. The van der Waals surface area contributed by atoms with Gasteiger partial charge < -0.3 is 20.5 Å². The lowest BCUT2D eigenvalue weighted by molar-refractivity contribution is -0.0818. The van der Waals surface area contributed by atoms with Crippen molar-refractivity contribution in [1.29, 1.82) is 0 Å². The number of hydrogen-bond donors (Lipinski definition) is 3. The number of hydrogen-bond acceptors (Lipinski definition) is 9. The van der Waals surface area contributed by atoms with Gasteiger partial charge in [0.2, 0.25) is 0 Å². The fourth-order valence-corrected chi connectivity index (χ4v) is 5.00. The molecule has 1 unspecified atom stereocenters.